The first-order chi connectivity index (χ1) is 13.6. The summed E-state index contributed by atoms with van der Waals surface area (Å²) in [5.74, 6) is -0.324. The molecule has 5 heteroatoms. The van der Waals surface area contributed by atoms with E-state index in [1.165, 1.54) is 24.9 Å². The molecule has 0 bridgehead atoms. The predicted octanol–water partition coefficient (Wildman–Crippen LogP) is 3.44. The van der Waals surface area contributed by atoms with Gasteiger partial charge in [0.05, 0.1) is 18.3 Å². The number of anilines is 1. The van der Waals surface area contributed by atoms with Crippen LogP contribution in [0.1, 0.15) is 37.7 Å². The Hall–Kier alpha value is -2.68. The predicted molar refractivity (Wildman–Crippen MR) is 111 cm³/mol. The standard InChI is InChI=1S/C23H26N2O3/c24-15-20(23(28)9-8-22(27)16-26)13-17-4-5-19-14-21(7-6-18(19)12-17)25-10-2-1-3-11-25/h4-7,12-14,22,26-27H,1-3,8-11,16H2. The van der Waals surface area contributed by atoms with Gasteiger partial charge < -0.3 is 15.1 Å². The minimum absolute atomic E-state index is 0.0356. The summed E-state index contributed by atoms with van der Waals surface area (Å²) in [6, 6.07) is 14.3. The van der Waals surface area contributed by atoms with Gasteiger partial charge in [-0.15, -0.1) is 0 Å². The number of hydrogen-bond acceptors (Lipinski definition) is 5. The van der Waals surface area contributed by atoms with Crippen LogP contribution in [0.5, 0.6) is 0 Å². The summed E-state index contributed by atoms with van der Waals surface area (Å²) in [7, 11) is 0. The second-order valence-corrected chi connectivity index (χ2v) is 7.31. The molecule has 2 N–H and O–H groups in total. The Morgan fingerprint density at radius 2 is 1.86 bits per heavy atom. The lowest BCUT2D eigenvalue weighted by atomic mass is 10.0. The summed E-state index contributed by atoms with van der Waals surface area (Å²) in [6.45, 7) is 1.82. The van der Waals surface area contributed by atoms with Crippen molar-refractivity contribution in [3.05, 3.63) is 47.5 Å². The number of fused-ring (bicyclic) bond motifs is 1. The maximum atomic E-state index is 12.2. The van der Waals surface area contributed by atoms with E-state index in [1.807, 2.05) is 24.3 Å². The normalized spacial score (nSPS) is 16.0. The van der Waals surface area contributed by atoms with Gasteiger partial charge in [-0.1, -0.05) is 18.2 Å². The monoisotopic (exact) mass is 378 g/mol. The second kappa shape index (κ2) is 9.50. The van der Waals surface area contributed by atoms with Gasteiger partial charge in [-0.25, -0.2) is 0 Å². The zero-order chi connectivity index (χ0) is 19.9. The van der Waals surface area contributed by atoms with Gasteiger partial charge in [-0.3, -0.25) is 4.79 Å². The van der Waals surface area contributed by atoms with E-state index in [0.717, 1.165) is 29.4 Å². The highest BCUT2D eigenvalue weighted by molar-refractivity contribution is 6.03. The fourth-order valence-electron chi connectivity index (χ4n) is 3.56. The fourth-order valence-corrected chi connectivity index (χ4v) is 3.56. The minimum atomic E-state index is -0.932. The smallest absolute Gasteiger partial charge is 0.173 e. The molecule has 2 aromatic carbocycles. The number of Topliss-reactive ketones (excluding diaryl/α,β-unsaturated/α-hetero) is 1. The molecule has 3 rings (SSSR count). The quantitative estimate of drug-likeness (QED) is 0.569. The Balaban J connectivity index is 1.78. The molecule has 0 radical (unpaired) electrons. The van der Waals surface area contributed by atoms with Gasteiger partial charge >= 0.3 is 0 Å². The molecule has 1 atom stereocenters. The van der Waals surface area contributed by atoms with E-state index in [1.54, 1.807) is 6.08 Å². The number of ketones is 1. The van der Waals surface area contributed by atoms with Gasteiger partial charge in [0.25, 0.3) is 0 Å². The zero-order valence-electron chi connectivity index (χ0n) is 16.0. The van der Waals surface area contributed by atoms with Gasteiger partial charge in [0.15, 0.2) is 5.78 Å². The van der Waals surface area contributed by atoms with Crippen molar-refractivity contribution < 1.29 is 15.0 Å². The third-order valence-electron chi connectivity index (χ3n) is 5.22. The maximum absolute atomic E-state index is 12.2. The summed E-state index contributed by atoms with van der Waals surface area (Å²) in [5, 5.41) is 29.7. The molecule has 0 saturated carbocycles. The van der Waals surface area contributed by atoms with E-state index in [0.29, 0.717) is 0 Å². The number of carbonyl (C=O) groups excluding carboxylic acids is 1. The van der Waals surface area contributed by atoms with Gasteiger partial charge in [0.2, 0.25) is 0 Å². The van der Waals surface area contributed by atoms with Crippen molar-refractivity contribution in [2.45, 2.75) is 38.2 Å². The van der Waals surface area contributed by atoms with Crippen LogP contribution in [0.3, 0.4) is 0 Å². The molecule has 0 aromatic heterocycles. The summed E-state index contributed by atoms with van der Waals surface area (Å²) < 4.78 is 0. The Labute approximate surface area is 165 Å². The van der Waals surface area contributed by atoms with Crippen LogP contribution in [0.4, 0.5) is 5.69 Å². The van der Waals surface area contributed by atoms with E-state index in [2.05, 4.69) is 23.1 Å². The number of piperidine rings is 1. The lowest BCUT2D eigenvalue weighted by Crippen LogP contribution is -2.29. The van der Waals surface area contributed by atoms with E-state index < -0.39 is 6.10 Å². The molecule has 1 aliphatic heterocycles. The molecular formula is C23H26N2O3. The van der Waals surface area contributed by atoms with Gasteiger partial charge in [-0.2, -0.15) is 5.26 Å². The molecule has 1 fully saturated rings. The molecule has 146 valence electrons. The van der Waals surface area contributed by atoms with Crippen LogP contribution < -0.4 is 4.90 Å². The van der Waals surface area contributed by atoms with Crippen molar-refractivity contribution in [2.75, 3.05) is 24.6 Å². The van der Waals surface area contributed by atoms with E-state index in [9.17, 15) is 15.2 Å². The summed E-state index contributed by atoms with van der Waals surface area (Å²) in [5.41, 5.74) is 2.10. The maximum Gasteiger partial charge on any atom is 0.173 e. The number of aliphatic hydroxyl groups excluding tert-OH is 2. The number of hydrogen-bond donors (Lipinski definition) is 2. The van der Waals surface area contributed by atoms with Crippen molar-refractivity contribution in [1.82, 2.24) is 0 Å². The molecule has 1 heterocycles. The number of aliphatic hydroxyl groups is 2. The molecule has 1 saturated heterocycles. The SMILES string of the molecule is N#CC(=Cc1ccc2cc(N3CCCCC3)ccc2c1)C(=O)CCC(O)CO. The van der Waals surface area contributed by atoms with Crippen molar-refractivity contribution in [3.63, 3.8) is 0 Å². The first-order valence-electron chi connectivity index (χ1n) is 9.83. The number of allylic oxidation sites excluding steroid dienone is 1. The van der Waals surface area contributed by atoms with Crippen LogP contribution in [0.2, 0.25) is 0 Å². The number of nitriles is 1. The second-order valence-electron chi connectivity index (χ2n) is 7.31. The van der Waals surface area contributed by atoms with Crippen LogP contribution in [0.25, 0.3) is 16.8 Å². The zero-order valence-corrected chi connectivity index (χ0v) is 16.0. The van der Waals surface area contributed by atoms with Gasteiger partial charge in [-0.05, 0) is 66.3 Å². The molecule has 0 spiro atoms. The van der Waals surface area contributed by atoms with E-state index in [4.69, 9.17) is 5.11 Å². The number of benzene rings is 2. The molecule has 1 unspecified atom stereocenters. The van der Waals surface area contributed by atoms with E-state index >= 15 is 0 Å². The average molecular weight is 378 g/mol. The molecule has 1 aliphatic rings. The highest BCUT2D eigenvalue weighted by Crippen LogP contribution is 2.26. The van der Waals surface area contributed by atoms with Crippen LogP contribution in [0, 0.1) is 11.3 Å². The lowest BCUT2D eigenvalue weighted by Gasteiger charge is -2.29. The first-order valence-corrected chi connectivity index (χ1v) is 9.83. The first kappa shape index (κ1) is 20.1. The average Bonchev–Trinajstić information content (AvgIpc) is 2.75. The Morgan fingerprint density at radius 1 is 1.14 bits per heavy atom. The highest BCUT2D eigenvalue weighted by Gasteiger charge is 2.13. The van der Waals surface area contributed by atoms with Crippen molar-refractivity contribution in [3.8, 4) is 6.07 Å². The van der Waals surface area contributed by atoms with Gasteiger partial charge in [0.1, 0.15) is 6.07 Å². The van der Waals surface area contributed by atoms with Crippen molar-refractivity contribution in [1.29, 1.82) is 5.26 Å². The summed E-state index contributed by atoms with van der Waals surface area (Å²) >= 11 is 0. The lowest BCUT2D eigenvalue weighted by molar-refractivity contribution is -0.115. The largest absolute Gasteiger partial charge is 0.394 e. The molecular weight excluding hydrogens is 352 g/mol. The number of rotatable bonds is 7. The summed E-state index contributed by atoms with van der Waals surface area (Å²) in [4.78, 5) is 14.6. The third-order valence-corrected chi connectivity index (χ3v) is 5.22. The van der Waals surface area contributed by atoms with Crippen LogP contribution in [-0.2, 0) is 4.79 Å². The van der Waals surface area contributed by atoms with Crippen LogP contribution in [-0.4, -0.2) is 41.8 Å². The molecule has 2 aromatic rings. The summed E-state index contributed by atoms with van der Waals surface area (Å²) in [6.07, 6.45) is 4.62. The van der Waals surface area contributed by atoms with Crippen molar-refractivity contribution >= 4 is 28.3 Å². The number of nitrogens with zero attached hydrogens (tertiary/aromatic N) is 2. The van der Waals surface area contributed by atoms with E-state index in [-0.39, 0.29) is 30.8 Å². The fraction of sp³-hybridized carbons (Fsp3) is 0.391. The minimum Gasteiger partial charge on any atom is -0.394 e. The van der Waals surface area contributed by atoms with Crippen LogP contribution in [0.15, 0.2) is 42.0 Å². The molecule has 5 nitrogen and oxygen atoms in total. The molecule has 28 heavy (non-hydrogen) atoms. The highest BCUT2D eigenvalue weighted by atomic mass is 16.3. The Bertz CT molecular complexity index is 908. The topological polar surface area (TPSA) is 84.6 Å². The van der Waals surface area contributed by atoms with Crippen molar-refractivity contribution in [2.24, 2.45) is 0 Å². The molecule has 0 aliphatic carbocycles. The Kier molecular flexibility index (Phi) is 6.80. The third kappa shape index (κ3) is 4.98. The number of carbonyl (C=O) groups is 1. The Morgan fingerprint density at radius 3 is 2.57 bits per heavy atom. The van der Waals surface area contributed by atoms with Gasteiger partial charge in [0, 0.05) is 25.2 Å². The molecule has 0 amide bonds. The van der Waals surface area contributed by atoms with Crippen LogP contribution >= 0.6 is 0 Å².